The van der Waals surface area contributed by atoms with Gasteiger partial charge in [-0.05, 0) is 23.8 Å². The van der Waals surface area contributed by atoms with Gasteiger partial charge < -0.3 is 9.90 Å². The lowest BCUT2D eigenvalue weighted by atomic mass is 10.1. The Morgan fingerprint density at radius 2 is 1.58 bits per heavy atom. The van der Waals surface area contributed by atoms with Gasteiger partial charge in [-0.15, -0.1) is 0 Å². The zero-order chi connectivity index (χ0) is 14.3. The molecule has 19 heavy (non-hydrogen) atoms. The van der Waals surface area contributed by atoms with E-state index in [4.69, 9.17) is 0 Å². The standard InChI is InChI=1S/C14H11F3O2/c15-14(16,17)12-9-7-11(8-10-12)5-3-1-2-4-6-13(18)19/h1-10H,(H,18,19)/p-1/b2-1+,5-3+,6-4+. The van der Waals surface area contributed by atoms with Crippen LogP contribution >= 0.6 is 0 Å². The summed E-state index contributed by atoms with van der Waals surface area (Å²) in [6, 6.07) is 4.70. The van der Waals surface area contributed by atoms with E-state index in [9.17, 15) is 23.1 Å². The van der Waals surface area contributed by atoms with Gasteiger partial charge in [-0.1, -0.05) is 42.5 Å². The number of aliphatic carboxylic acids is 1. The molecule has 0 aliphatic carbocycles. The number of carboxylic acids is 1. The van der Waals surface area contributed by atoms with Crippen LogP contribution < -0.4 is 5.11 Å². The number of hydrogen-bond donors (Lipinski definition) is 0. The summed E-state index contributed by atoms with van der Waals surface area (Å²) in [6.45, 7) is 0. The summed E-state index contributed by atoms with van der Waals surface area (Å²) in [5, 5.41) is 10.0. The molecule has 1 aromatic rings. The van der Waals surface area contributed by atoms with Crippen molar-refractivity contribution in [2.45, 2.75) is 6.18 Å². The number of carbonyl (C=O) groups excluding carboxylic acids is 1. The number of rotatable bonds is 4. The Labute approximate surface area is 108 Å². The Morgan fingerprint density at radius 3 is 2.11 bits per heavy atom. The lowest BCUT2D eigenvalue weighted by Crippen LogP contribution is -2.18. The fourth-order valence-electron chi connectivity index (χ4n) is 1.21. The van der Waals surface area contributed by atoms with Crippen molar-refractivity contribution in [2.75, 3.05) is 0 Å². The largest absolute Gasteiger partial charge is 0.545 e. The third-order valence-corrected chi connectivity index (χ3v) is 2.09. The number of carbonyl (C=O) groups is 1. The molecule has 5 heteroatoms. The van der Waals surface area contributed by atoms with Crippen molar-refractivity contribution in [1.29, 1.82) is 0 Å². The van der Waals surface area contributed by atoms with E-state index in [1.807, 2.05) is 0 Å². The highest BCUT2D eigenvalue weighted by molar-refractivity contribution is 5.77. The fraction of sp³-hybridized carbons (Fsp3) is 0.0714. The van der Waals surface area contributed by atoms with E-state index in [2.05, 4.69) is 0 Å². The molecule has 1 rings (SSSR count). The summed E-state index contributed by atoms with van der Waals surface area (Å²) < 4.78 is 36.9. The molecule has 0 atom stereocenters. The highest BCUT2D eigenvalue weighted by Crippen LogP contribution is 2.29. The molecule has 0 amide bonds. The Hall–Kier alpha value is -2.30. The normalized spacial score (nSPS) is 12.8. The zero-order valence-electron chi connectivity index (χ0n) is 9.72. The average Bonchev–Trinajstić information content (AvgIpc) is 2.32. The number of hydrogen-bond acceptors (Lipinski definition) is 2. The summed E-state index contributed by atoms with van der Waals surface area (Å²) >= 11 is 0. The third kappa shape index (κ3) is 5.72. The maximum Gasteiger partial charge on any atom is 0.416 e. The van der Waals surface area contributed by atoms with Gasteiger partial charge in [0.2, 0.25) is 0 Å². The topological polar surface area (TPSA) is 40.1 Å². The van der Waals surface area contributed by atoms with Crippen LogP contribution in [0.5, 0.6) is 0 Å². The van der Waals surface area contributed by atoms with E-state index in [-0.39, 0.29) is 0 Å². The molecule has 0 aliphatic heterocycles. The van der Waals surface area contributed by atoms with Gasteiger partial charge in [-0.3, -0.25) is 0 Å². The summed E-state index contributed by atoms with van der Waals surface area (Å²) in [6.07, 6.45) is 4.02. The van der Waals surface area contributed by atoms with Crippen LogP contribution in [0.1, 0.15) is 11.1 Å². The Bertz CT molecular complexity index is 508. The molecule has 0 saturated carbocycles. The highest BCUT2D eigenvalue weighted by atomic mass is 19.4. The van der Waals surface area contributed by atoms with Crippen LogP contribution in [0.3, 0.4) is 0 Å². The molecule has 0 spiro atoms. The van der Waals surface area contributed by atoms with Crippen molar-refractivity contribution in [3.05, 3.63) is 65.8 Å². The van der Waals surface area contributed by atoms with Gasteiger partial charge in [-0.2, -0.15) is 13.2 Å². The summed E-state index contributed by atoms with van der Waals surface area (Å²) in [4.78, 5) is 10.0. The van der Waals surface area contributed by atoms with Crippen LogP contribution in [0.25, 0.3) is 6.08 Å². The van der Waals surface area contributed by atoms with Gasteiger partial charge in [0.1, 0.15) is 0 Å². The molecule has 0 aliphatic rings. The first-order valence-corrected chi connectivity index (χ1v) is 5.29. The second kappa shape index (κ2) is 6.58. The van der Waals surface area contributed by atoms with Gasteiger partial charge >= 0.3 is 6.18 Å². The molecular formula is C14H10F3O2-. The van der Waals surface area contributed by atoms with E-state index >= 15 is 0 Å². The molecule has 0 radical (unpaired) electrons. The van der Waals surface area contributed by atoms with Crippen LogP contribution in [0.4, 0.5) is 13.2 Å². The molecule has 0 bridgehead atoms. The molecule has 0 heterocycles. The number of allylic oxidation sites excluding steroid dienone is 4. The van der Waals surface area contributed by atoms with E-state index in [0.29, 0.717) is 5.56 Å². The Kier molecular flexibility index (Phi) is 5.11. The van der Waals surface area contributed by atoms with Crippen molar-refractivity contribution in [2.24, 2.45) is 0 Å². The molecule has 2 nitrogen and oxygen atoms in total. The smallest absolute Gasteiger partial charge is 0.416 e. The quantitative estimate of drug-likeness (QED) is 0.621. The Morgan fingerprint density at radius 1 is 1.00 bits per heavy atom. The van der Waals surface area contributed by atoms with Crippen LogP contribution in [-0.2, 0) is 11.0 Å². The number of benzene rings is 1. The van der Waals surface area contributed by atoms with Gasteiger partial charge in [0, 0.05) is 0 Å². The van der Waals surface area contributed by atoms with Crippen LogP contribution in [0, 0.1) is 0 Å². The summed E-state index contributed by atoms with van der Waals surface area (Å²) in [7, 11) is 0. The first kappa shape index (κ1) is 14.8. The van der Waals surface area contributed by atoms with E-state index in [1.54, 1.807) is 18.2 Å². The average molecular weight is 267 g/mol. The van der Waals surface area contributed by atoms with Gasteiger partial charge in [0.25, 0.3) is 0 Å². The first-order chi connectivity index (χ1) is 8.89. The van der Waals surface area contributed by atoms with Crippen molar-refractivity contribution < 1.29 is 23.1 Å². The minimum atomic E-state index is -4.34. The minimum Gasteiger partial charge on any atom is -0.545 e. The lowest BCUT2D eigenvalue weighted by molar-refractivity contribution is -0.297. The second-order valence-corrected chi connectivity index (χ2v) is 3.54. The molecule has 0 unspecified atom stereocenters. The number of alkyl halides is 3. The number of halogens is 3. The third-order valence-electron chi connectivity index (χ3n) is 2.09. The van der Waals surface area contributed by atoms with E-state index in [0.717, 1.165) is 18.2 Å². The van der Waals surface area contributed by atoms with Gasteiger partial charge in [0.15, 0.2) is 0 Å². The molecule has 0 saturated heterocycles. The van der Waals surface area contributed by atoms with E-state index in [1.165, 1.54) is 24.3 Å². The van der Waals surface area contributed by atoms with Crippen LogP contribution in [0.15, 0.2) is 54.6 Å². The molecule has 1 aromatic carbocycles. The number of carboxylic acid groups (broad SMARTS) is 1. The lowest BCUT2D eigenvalue weighted by Gasteiger charge is -2.05. The molecule has 0 aromatic heterocycles. The fourth-order valence-corrected chi connectivity index (χ4v) is 1.21. The summed E-state index contributed by atoms with van der Waals surface area (Å²) in [5.41, 5.74) is -0.0846. The Balaban J connectivity index is 2.61. The predicted octanol–water partition coefficient (Wildman–Crippen LogP) is 2.58. The van der Waals surface area contributed by atoms with Crippen LogP contribution in [0.2, 0.25) is 0 Å². The maximum absolute atomic E-state index is 12.3. The van der Waals surface area contributed by atoms with Crippen molar-refractivity contribution >= 4 is 12.0 Å². The summed E-state index contributed by atoms with van der Waals surface area (Å²) in [5.74, 6) is -1.30. The van der Waals surface area contributed by atoms with Crippen molar-refractivity contribution in [3.63, 3.8) is 0 Å². The maximum atomic E-state index is 12.3. The van der Waals surface area contributed by atoms with Crippen molar-refractivity contribution in [1.82, 2.24) is 0 Å². The predicted molar refractivity (Wildman–Crippen MR) is 63.8 cm³/mol. The van der Waals surface area contributed by atoms with Crippen molar-refractivity contribution in [3.8, 4) is 0 Å². The molecule has 0 N–H and O–H groups in total. The zero-order valence-corrected chi connectivity index (χ0v) is 9.72. The molecular weight excluding hydrogens is 257 g/mol. The van der Waals surface area contributed by atoms with E-state index < -0.39 is 17.7 Å². The second-order valence-electron chi connectivity index (χ2n) is 3.54. The molecule has 0 fully saturated rings. The minimum absolute atomic E-state index is 0.613. The SMILES string of the molecule is O=C([O-])/C=C/C=C/C=C/c1ccc(C(F)(F)F)cc1. The molecule has 100 valence electrons. The monoisotopic (exact) mass is 267 g/mol. The van der Waals surface area contributed by atoms with Gasteiger partial charge in [0.05, 0.1) is 11.5 Å². The van der Waals surface area contributed by atoms with Gasteiger partial charge in [-0.25, -0.2) is 0 Å². The van der Waals surface area contributed by atoms with Crippen LogP contribution in [-0.4, -0.2) is 5.97 Å². The highest BCUT2D eigenvalue weighted by Gasteiger charge is 2.29. The first-order valence-electron chi connectivity index (χ1n) is 5.29.